The Hall–Kier alpha value is -1.64. The van der Waals surface area contributed by atoms with E-state index in [0.29, 0.717) is 5.02 Å². The first-order chi connectivity index (χ1) is 14.1. The number of carbonyl (C=O) groups is 1. The number of halogens is 2. The van der Waals surface area contributed by atoms with Crippen molar-refractivity contribution in [2.45, 2.75) is 43.9 Å². The number of nitrogens with one attached hydrogen (secondary N) is 1. The highest BCUT2D eigenvalue weighted by Gasteiger charge is 2.34. The first-order valence-electron chi connectivity index (χ1n) is 9.59. The van der Waals surface area contributed by atoms with Crippen LogP contribution in [-0.4, -0.2) is 43.9 Å². The third-order valence-corrected chi connectivity index (χ3v) is 7.44. The summed E-state index contributed by atoms with van der Waals surface area (Å²) in [7, 11) is -3.88. The quantitative estimate of drug-likeness (QED) is 0.707. The third-order valence-electron chi connectivity index (χ3n) is 4.89. The fraction of sp³-hybridized carbons (Fsp3) is 0.381. The molecule has 1 aliphatic heterocycles. The maximum absolute atomic E-state index is 13.2. The number of nitrogens with zero attached hydrogens (tertiary/aromatic N) is 1. The van der Waals surface area contributed by atoms with Crippen molar-refractivity contribution in [1.29, 1.82) is 0 Å². The summed E-state index contributed by atoms with van der Waals surface area (Å²) in [4.78, 5) is 12.7. The summed E-state index contributed by atoms with van der Waals surface area (Å²) in [6.45, 7) is 5.92. The lowest BCUT2D eigenvalue weighted by Crippen LogP contribution is -2.48. The zero-order valence-electron chi connectivity index (χ0n) is 16.9. The minimum absolute atomic E-state index is 0.0706. The monoisotopic (exact) mass is 470 g/mol. The maximum Gasteiger partial charge on any atom is 0.251 e. The Morgan fingerprint density at radius 1 is 1.13 bits per heavy atom. The van der Waals surface area contributed by atoms with E-state index in [9.17, 15) is 13.2 Å². The number of sulfonamides is 1. The maximum atomic E-state index is 13.2. The van der Waals surface area contributed by atoms with Crippen molar-refractivity contribution in [2.75, 3.05) is 13.1 Å². The van der Waals surface area contributed by atoms with Crippen LogP contribution in [0.5, 0.6) is 0 Å². The molecule has 1 aliphatic rings. The van der Waals surface area contributed by atoms with Crippen LogP contribution in [0.4, 0.5) is 0 Å². The van der Waals surface area contributed by atoms with Gasteiger partial charge in [0.05, 0.1) is 23.3 Å². The van der Waals surface area contributed by atoms with Crippen LogP contribution in [0.3, 0.4) is 0 Å². The Balaban J connectivity index is 1.84. The molecule has 0 aromatic heterocycles. The Kier molecular flexibility index (Phi) is 7.09. The minimum atomic E-state index is -3.88. The van der Waals surface area contributed by atoms with Gasteiger partial charge in [0, 0.05) is 23.7 Å². The van der Waals surface area contributed by atoms with Crippen LogP contribution in [0.15, 0.2) is 47.4 Å². The van der Waals surface area contributed by atoms with Gasteiger partial charge >= 0.3 is 0 Å². The van der Waals surface area contributed by atoms with E-state index < -0.39 is 15.9 Å². The van der Waals surface area contributed by atoms with E-state index in [1.807, 2.05) is 26.8 Å². The van der Waals surface area contributed by atoms with Crippen molar-refractivity contribution in [3.8, 4) is 0 Å². The van der Waals surface area contributed by atoms with E-state index >= 15 is 0 Å². The van der Waals surface area contributed by atoms with Crippen LogP contribution in [0.1, 0.15) is 42.7 Å². The van der Waals surface area contributed by atoms with Crippen molar-refractivity contribution in [2.24, 2.45) is 0 Å². The minimum Gasteiger partial charge on any atom is -0.373 e. The zero-order valence-corrected chi connectivity index (χ0v) is 19.3. The molecule has 0 radical (unpaired) electrons. The Morgan fingerprint density at radius 3 is 2.43 bits per heavy atom. The number of hydrogen-bond acceptors (Lipinski definition) is 4. The lowest BCUT2D eigenvalue weighted by atomic mass is 10.1. The fourth-order valence-corrected chi connectivity index (χ4v) is 5.74. The zero-order chi connectivity index (χ0) is 22.1. The van der Waals surface area contributed by atoms with Gasteiger partial charge in [-0.05, 0) is 56.7 Å². The Morgan fingerprint density at radius 2 is 1.80 bits per heavy atom. The van der Waals surface area contributed by atoms with Crippen LogP contribution in [-0.2, 0) is 14.8 Å². The molecule has 0 spiro atoms. The number of morpholine rings is 1. The highest BCUT2D eigenvalue weighted by atomic mass is 35.5. The van der Waals surface area contributed by atoms with E-state index in [0.717, 1.165) is 5.56 Å². The number of amides is 1. The molecular formula is C21H24Cl2N2O4S. The topological polar surface area (TPSA) is 75.7 Å². The van der Waals surface area contributed by atoms with Crippen LogP contribution >= 0.6 is 23.2 Å². The van der Waals surface area contributed by atoms with Crippen molar-refractivity contribution in [3.05, 3.63) is 63.6 Å². The average Bonchev–Trinajstić information content (AvgIpc) is 2.67. The van der Waals surface area contributed by atoms with Crippen LogP contribution in [0, 0.1) is 0 Å². The van der Waals surface area contributed by atoms with Crippen molar-refractivity contribution >= 4 is 39.1 Å². The molecule has 1 saturated heterocycles. The number of ether oxygens (including phenoxy) is 1. The molecule has 30 heavy (non-hydrogen) atoms. The second-order valence-electron chi connectivity index (χ2n) is 7.47. The van der Waals surface area contributed by atoms with E-state index in [1.54, 1.807) is 18.2 Å². The van der Waals surface area contributed by atoms with Gasteiger partial charge in [-0.2, -0.15) is 4.31 Å². The molecule has 3 rings (SSSR count). The molecule has 3 atom stereocenters. The standard InChI is InChI=1S/C21H24Cl2N2O4S/c1-13-11-25(12-14(2)29-13)30(27,28)20-10-17(7-8-19(20)23)21(26)24-15(3)16-5-4-6-18(22)9-16/h4-10,13-15H,11-12H2,1-3H3,(H,24,26). The van der Waals surface area contributed by atoms with E-state index in [1.165, 1.54) is 22.5 Å². The number of carbonyl (C=O) groups excluding carboxylic acids is 1. The lowest BCUT2D eigenvalue weighted by Gasteiger charge is -2.34. The largest absolute Gasteiger partial charge is 0.373 e. The lowest BCUT2D eigenvalue weighted by molar-refractivity contribution is -0.0440. The van der Waals surface area contributed by atoms with Crippen LogP contribution in [0.25, 0.3) is 0 Å². The predicted octanol–water partition coefficient (Wildman–Crippen LogP) is 4.28. The third kappa shape index (κ3) is 5.15. The van der Waals surface area contributed by atoms with Crippen LogP contribution < -0.4 is 5.32 Å². The van der Waals surface area contributed by atoms with Crippen LogP contribution in [0.2, 0.25) is 10.0 Å². The summed E-state index contributed by atoms with van der Waals surface area (Å²) >= 11 is 12.2. The normalized spacial score (nSPS) is 21.2. The highest BCUT2D eigenvalue weighted by Crippen LogP contribution is 2.28. The molecule has 0 aliphatic carbocycles. The summed E-state index contributed by atoms with van der Waals surface area (Å²) in [5.74, 6) is -0.403. The Bertz CT molecular complexity index is 1040. The van der Waals surface area contributed by atoms with Crippen molar-refractivity contribution in [1.82, 2.24) is 9.62 Å². The highest BCUT2D eigenvalue weighted by molar-refractivity contribution is 7.89. The van der Waals surface area contributed by atoms with E-state index in [4.69, 9.17) is 27.9 Å². The van der Waals surface area contributed by atoms with Gasteiger partial charge in [-0.1, -0.05) is 35.3 Å². The second-order valence-corrected chi connectivity index (χ2v) is 10.2. The summed E-state index contributed by atoms with van der Waals surface area (Å²) < 4.78 is 33.4. The van der Waals surface area contributed by atoms with Gasteiger partial charge in [0.1, 0.15) is 4.90 Å². The molecule has 0 saturated carbocycles. The molecule has 162 valence electrons. The van der Waals surface area contributed by atoms with Gasteiger partial charge in [-0.3, -0.25) is 4.79 Å². The molecule has 1 fully saturated rings. The average molecular weight is 471 g/mol. The van der Waals surface area contributed by atoms with Crippen molar-refractivity contribution < 1.29 is 17.9 Å². The molecule has 0 bridgehead atoms. The molecule has 1 heterocycles. The fourth-order valence-electron chi connectivity index (χ4n) is 3.45. The molecule has 3 unspecified atom stereocenters. The molecule has 1 N–H and O–H groups in total. The van der Waals surface area contributed by atoms with Gasteiger partial charge < -0.3 is 10.1 Å². The SMILES string of the molecule is CC1CN(S(=O)(=O)c2cc(C(=O)NC(C)c3cccc(Cl)c3)ccc2Cl)CC(C)O1. The first kappa shape index (κ1) is 23.0. The Labute approximate surface area is 187 Å². The van der Waals surface area contributed by atoms with E-state index in [2.05, 4.69) is 5.32 Å². The molecule has 6 nitrogen and oxygen atoms in total. The van der Waals surface area contributed by atoms with Gasteiger partial charge in [0.15, 0.2) is 0 Å². The van der Waals surface area contributed by atoms with E-state index in [-0.39, 0.29) is 46.8 Å². The van der Waals surface area contributed by atoms with Gasteiger partial charge in [0.25, 0.3) is 5.91 Å². The summed E-state index contributed by atoms with van der Waals surface area (Å²) in [6, 6.07) is 11.1. The molecule has 1 amide bonds. The number of hydrogen-bond donors (Lipinski definition) is 1. The molecule has 2 aromatic rings. The number of benzene rings is 2. The smallest absolute Gasteiger partial charge is 0.251 e. The number of rotatable bonds is 5. The molecule has 2 aromatic carbocycles. The summed E-state index contributed by atoms with van der Waals surface area (Å²) in [6.07, 6.45) is -0.459. The van der Waals surface area contributed by atoms with Gasteiger partial charge in [0.2, 0.25) is 10.0 Å². The second kappa shape index (κ2) is 9.24. The summed E-state index contributed by atoms with van der Waals surface area (Å²) in [5, 5.41) is 3.50. The molecular weight excluding hydrogens is 447 g/mol. The first-order valence-corrected chi connectivity index (χ1v) is 11.8. The predicted molar refractivity (Wildman–Crippen MR) is 118 cm³/mol. The molecule has 9 heteroatoms. The van der Waals surface area contributed by atoms with Gasteiger partial charge in [-0.15, -0.1) is 0 Å². The van der Waals surface area contributed by atoms with Crippen molar-refractivity contribution in [3.63, 3.8) is 0 Å². The summed E-state index contributed by atoms with van der Waals surface area (Å²) in [5.41, 5.74) is 1.05. The van der Waals surface area contributed by atoms with Gasteiger partial charge in [-0.25, -0.2) is 8.42 Å².